The molecule has 1 aromatic carbocycles. The zero-order valence-electron chi connectivity index (χ0n) is 11.0. The number of aromatic hydroxyl groups is 1. The number of carbonyl (C=O) groups is 2. The second-order valence-corrected chi connectivity index (χ2v) is 5.54. The molecule has 1 N–H and O–H groups in total. The molecular formula is C15H14O4. The number of hydrogen-bond acceptors (Lipinski definition) is 4. The largest absolute Gasteiger partial charge is 0.507 e. The van der Waals surface area contributed by atoms with Gasteiger partial charge in [-0.3, -0.25) is 9.59 Å². The maximum Gasteiger partial charge on any atom is 0.237 e. The van der Waals surface area contributed by atoms with E-state index in [1.54, 1.807) is 12.1 Å². The third-order valence-corrected chi connectivity index (χ3v) is 4.13. The molecule has 19 heavy (non-hydrogen) atoms. The summed E-state index contributed by atoms with van der Waals surface area (Å²) in [5.41, 5.74) is 0.474. The van der Waals surface area contributed by atoms with Crippen molar-refractivity contribution in [1.29, 1.82) is 0 Å². The van der Waals surface area contributed by atoms with Crippen LogP contribution < -0.4 is 0 Å². The van der Waals surface area contributed by atoms with Crippen LogP contribution in [0.5, 0.6) is 5.75 Å². The Bertz CT molecular complexity index is 652. The molecule has 1 aromatic rings. The van der Waals surface area contributed by atoms with Gasteiger partial charge in [-0.1, -0.05) is 26.0 Å². The van der Waals surface area contributed by atoms with Crippen molar-refractivity contribution in [2.45, 2.75) is 26.9 Å². The lowest BCUT2D eigenvalue weighted by Gasteiger charge is -2.24. The molecule has 0 bridgehead atoms. The van der Waals surface area contributed by atoms with Gasteiger partial charge in [0.1, 0.15) is 17.6 Å². The Morgan fingerprint density at radius 2 is 1.89 bits per heavy atom. The number of ether oxygens (including phenoxy) is 1. The lowest BCUT2D eigenvalue weighted by atomic mass is 9.74. The predicted octanol–water partition coefficient (Wildman–Crippen LogP) is 2.31. The van der Waals surface area contributed by atoms with Gasteiger partial charge in [0.15, 0.2) is 0 Å². The standard InChI is InChI=1S/C15H14O4/c1-7-15(2,3)11-13(18)12(17)10-8(14(11)19-7)5-4-6-9(10)16/h4-7,16H,1-3H3. The van der Waals surface area contributed by atoms with Crippen molar-refractivity contribution in [3.8, 4) is 5.75 Å². The molecule has 1 atom stereocenters. The third-order valence-electron chi connectivity index (χ3n) is 4.13. The average Bonchev–Trinajstić information content (AvgIpc) is 2.58. The van der Waals surface area contributed by atoms with Crippen molar-refractivity contribution >= 4 is 17.3 Å². The number of phenolic OH excluding ortho intramolecular Hbond substituents is 1. The van der Waals surface area contributed by atoms with E-state index in [9.17, 15) is 14.7 Å². The second-order valence-electron chi connectivity index (χ2n) is 5.54. The lowest BCUT2D eigenvalue weighted by molar-refractivity contribution is -0.112. The Morgan fingerprint density at radius 3 is 2.58 bits per heavy atom. The smallest absolute Gasteiger partial charge is 0.237 e. The summed E-state index contributed by atoms with van der Waals surface area (Å²) < 4.78 is 5.78. The molecule has 0 aromatic heterocycles. The van der Waals surface area contributed by atoms with Gasteiger partial charge in [0.05, 0.1) is 11.1 Å². The van der Waals surface area contributed by atoms with Crippen molar-refractivity contribution in [3.05, 3.63) is 34.9 Å². The minimum atomic E-state index is -0.655. The van der Waals surface area contributed by atoms with E-state index >= 15 is 0 Å². The van der Waals surface area contributed by atoms with Crippen LogP contribution in [0.25, 0.3) is 5.76 Å². The first-order valence-corrected chi connectivity index (χ1v) is 6.18. The van der Waals surface area contributed by atoms with E-state index in [1.165, 1.54) is 6.07 Å². The van der Waals surface area contributed by atoms with Gasteiger partial charge >= 0.3 is 0 Å². The summed E-state index contributed by atoms with van der Waals surface area (Å²) >= 11 is 0. The SMILES string of the molecule is CC1OC2=C(C(=O)C(=O)c3c(O)cccc32)C1(C)C. The van der Waals surface area contributed by atoms with Crippen molar-refractivity contribution in [3.63, 3.8) is 0 Å². The predicted molar refractivity (Wildman–Crippen MR) is 68.7 cm³/mol. The Morgan fingerprint density at radius 1 is 1.21 bits per heavy atom. The molecular weight excluding hydrogens is 244 g/mol. The minimum Gasteiger partial charge on any atom is -0.507 e. The Kier molecular flexibility index (Phi) is 2.18. The summed E-state index contributed by atoms with van der Waals surface area (Å²) in [6.07, 6.45) is -0.192. The number of carbonyl (C=O) groups excluding carboxylic acids is 2. The first kappa shape index (κ1) is 12.0. The van der Waals surface area contributed by atoms with Crippen LogP contribution in [-0.2, 0) is 9.53 Å². The summed E-state index contributed by atoms with van der Waals surface area (Å²) in [7, 11) is 0. The molecule has 4 nitrogen and oxygen atoms in total. The van der Waals surface area contributed by atoms with E-state index in [1.807, 2.05) is 20.8 Å². The maximum atomic E-state index is 12.3. The topological polar surface area (TPSA) is 63.6 Å². The summed E-state index contributed by atoms with van der Waals surface area (Å²) in [6, 6.07) is 4.74. The molecule has 2 aliphatic rings. The Hall–Kier alpha value is -2.10. The average molecular weight is 258 g/mol. The first-order valence-electron chi connectivity index (χ1n) is 6.18. The van der Waals surface area contributed by atoms with E-state index in [-0.39, 0.29) is 17.4 Å². The van der Waals surface area contributed by atoms with Gasteiger partial charge in [0.2, 0.25) is 11.6 Å². The van der Waals surface area contributed by atoms with Gasteiger partial charge < -0.3 is 9.84 Å². The minimum absolute atomic E-state index is 0.0520. The zero-order chi connectivity index (χ0) is 13.9. The fourth-order valence-electron chi connectivity index (χ4n) is 2.67. The fraction of sp³-hybridized carbons (Fsp3) is 0.333. The fourth-order valence-corrected chi connectivity index (χ4v) is 2.67. The Labute approximate surface area is 110 Å². The van der Waals surface area contributed by atoms with E-state index in [0.29, 0.717) is 16.9 Å². The van der Waals surface area contributed by atoms with Gasteiger partial charge in [-0.2, -0.15) is 0 Å². The molecule has 1 heterocycles. The molecule has 1 aliphatic carbocycles. The van der Waals surface area contributed by atoms with E-state index in [2.05, 4.69) is 0 Å². The molecule has 0 saturated heterocycles. The zero-order valence-corrected chi connectivity index (χ0v) is 11.0. The molecule has 0 amide bonds. The quantitative estimate of drug-likeness (QED) is 0.725. The normalized spacial score (nSPS) is 24.1. The van der Waals surface area contributed by atoms with Crippen LogP contribution >= 0.6 is 0 Å². The maximum absolute atomic E-state index is 12.3. The van der Waals surface area contributed by atoms with E-state index < -0.39 is 17.0 Å². The molecule has 0 saturated carbocycles. The highest BCUT2D eigenvalue weighted by Crippen LogP contribution is 2.49. The number of fused-ring (bicyclic) bond motifs is 2. The number of hydrogen-bond donors (Lipinski definition) is 1. The van der Waals surface area contributed by atoms with Gasteiger partial charge in [0, 0.05) is 11.0 Å². The summed E-state index contributed by atoms with van der Waals surface area (Å²) in [5.74, 6) is -0.965. The molecule has 4 heteroatoms. The summed E-state index contributed by atoms with van der Waals surface area (Å²) in [6.45, 7) is 5.65. The molecule has 3 rings (SSSR count). The van der Waals surface area contributed by atoms with Crippen molar-refractivity contribution in [2.24, 2.45) is 5.41 Å². The van der Waals surface area contributed by atoms with Crippen LogP contribution in [0.4, 0.5) is 0 Å². The van der Waals surface area contributed by atoms with Crippen molar-refractivity contribution in [1.82, 2.24) is 0 Å². The van der Waals surface area contributed by atoms with Crippen molar-refractivity contribution in [2.75, 3.05) is 0 Å². The number of rotatable bonds is 0. The van der Waals surface area contributed by atoms with Gasteiger partial charge in [-0.25, -0.2) is 0 Å². The molecule has 1 aliphatic heterocycles. The van der Waals surface area contributed by atoms with Crippen LogP contribution in [0.15, 0.2) is 23.8 Å². The third kappa shape index (κ3) is 1.34. The van der Waals surface area contributed by atoms with Crippen LogP contribution in [-0.4, -0.2) is 22.8 Å². The number of phenols is 1. The number of ketones is 2. The molecule has 1 unspecified atom stereocenters. The summed E-state index contributed by atoms with van der Waals surface area (Å²) in [4.78, 5) is 24.5. The Balaban J connectivity index is 2.35. The monoisotopic (exact) mass is 258 g/mol. The number of benzene rings is 1. The second kappa shape index (κ2) is 3.47. The van der Waals surface area contributed by atoms with Crippen LogP contribution in [0.1, 0.15) is 36.7 Å². The van der Waals surface area contributed by atoms with Crippen molar-refractivity contribution < 1.29 is 19.4 Å². The van der Waals surface area contributed by atoms with Crippen LogP contribution in [0.2, 0.25) is 0 Å². The highest BCUT2D eigenvalue weighted by molar-refractivity contribution is 6.53. The van der Waals surface area contributed by atoms with Gasteiger partial charge in [0.25, 0.3) is 0 Å². The molecule has 0 fully saturated rings. The number of Topliss-reactive ketones (excluding diaryl/α,β-unsaturated/α-hetero) is 2. The molecule has 0 spiro atoms. The highest BCUT2D eigenvalue weighted by Gasteiger charge is 2.50. The van der Waals surface area contributed by atoms with E-state index in [4.69, 9.17) is 4.74 Å². The molecule has 0 radical (unpaired) electrons. The lowest BCUT2D eigenvalue weighted by Crippen LogP contribution is -2.32. The van der Waals surface area contributed by atoms with E-state index in [0.717, 1.165) is 0 Å². The molecule has 98 valence electrons. The van der Waals surface area contributed by atoms with Gasteiger partial charge in [-0.15, -0.1) is 0 Å². The van der Waals surface area contributed by atoms with Crippen LogP contribution in [0, 0.1) is 5.41 Å². The summed E-state index contributed by atoms with van der Waals surface area (Å²) in [5, 5.41) is 9.81. The van der Waals surface area contributed by atoms with Gasteiger partial charge in [-0.05, 0) is 13.0 Å². The van der Waals surface area contributed by atoms with Crippen LogP contribution in [0.3, 0.4) is 0 Å². The highest BCUT2D eigenvalue weighted by atomic mass is 16.5. The first-order chi connectivity index (χ1) is 8.85.